The summed E-state index contributed by atoms with van der Waals surface area (Å²) in [5, 5.41) is 0. The van der Waals surface area contributed by atoms with Gasteiger partial charge in [-0.1, -0.05) is 0 Å². The lowest BCUT2D eigenvalue weighted by atomic mass is 10.1. The molecule has 0 radical (unpaired) electrons. The summed E-state index contributed by atoms with van der Waals surface area (Å²) in [6.45, 7) is 2.34. The number of hydrogen-bond acceptors (Lipinski definition) is 4. The van der Waals surface area contributed by atoms with Crippen LogP contribution in [0.1, 0.15) is 11.3 Å². The summed E-state index contributed by atoms with van der Waals surface area (Å²) in [5.74, 6) is 1.53. The number of ether oxygens (including phenoxy) is 2. The van der Waals surface area contributed by atoms with Crippen LogP contribution >= 0.6 is 15.9 Å². The van der Waals surface area contributed by atoms with Crippen LogP contribution in [0.3, 0.4) is 0 Å². The first-order chi connectivity index (χ1) is 9.10. The summed E-state index contributed by atoms with van der Waals surface area (Å²) in [4.78, 5) is 7.49. The van der Waals surface area contributed by atoms with E-state index in [1.807, 2.05) is 19.1 Å². The minimum absolute atomic E-state index is 0.368. The second kappa shape index (κ2) is 5.63. The molecule has 0 saturated heterocycles. The molecule has 0 aliphatic rings. The lowest BCUT2D eigenvalue weighted by Gasteiger charge is -2.12. The number of nitrogens with one attached hydrogen (secondary N) is 1. The number of aromatic amines is 1. The van der Waals surface area contributed by atoms with E-state index < -0.39 is 0 Å². The van der Waals surface area contributed by atoms with E-state index in [9.17, 15) is 0 Å². The molecule has 0 aliphatic heterocycles. The number of rotatable bonds is 4. The molecule has 0 aliphatic carbocycles. The third kappa shape index (κ3) is 2.59. The molecule has 3 N–H and O–H groups in total. The highest BCUT2D eigenvalue weighted by atomic mass is 79.9. The minimum Gasteiger partial charge on any atom is -0.496 e. The van der Waals surface area contributed by atoms with Gasteiger partial charge in [0.05, 0.1) is 25.6 Å². The van der Waals surface area contributed by atoms with Gasteiger partial charge in [-0.05, 0) is 40.5 Å². The maximum absolute atomic E-state index is 5.73. The van der Waals surface area contributed by atoms with Crippen molar-refractivity contribution in [2.75, 3.05) is 14.2 Å². The Morgan fingerprint density at radius 2 is 1.95 bits per heavy atom. The van der Waals surface area contributed by atoms with Gasteiger partial charge in [-0.25, -0.2) is 4.98 Å². The van der Waals surface area contributed by atoms with Crippen LogP contribution in [0.15, 0.2) is 16.9 Å². The van der Waals surface area contributed by atoms with E-state index in [1.54, 1.807) is 14.2 Å². The van der Waals surface area contributed by atoms with Crippen LogP contribution in [0.2, 0.25) is 0 Å². The SMILES string of the molecule is COc1cc(-c2nc(Br)[nH]c2CN)c(OC)cc1C. The monoisotopic (exact) mass is 325 g/mol. The smallest absolute Gasteiger partial charge is 0.175 e. The zero-order valence-electron chi connectivity index (χ0n) is 11.1. The van der Waals surface area contributed by atoms with Crippen molar-refractivity contribution in [1.29, 1.82) is 0 Å². The summed E-state index contributed by atoms with van der Waals surface area (Å²) in [6, 6.07) is 3.84. The molecule has 0 fully saturated rings. The molecule has 102 valence electrons. The Balaban J connectivity index is 2.65. The average Bonchev–Trinajstić information content (AvgIpc) is 2.79. The summed E-state index contributed by atoms with van der Waals surface area (Å²) in [5.41, 5.74) is 9.20. The molecule has 0 amide bonds. The molecule has 1 heterocycles. The number of aromatic nitrogens is 2. The molecule has 0 spiro atoms. The highest BCUT2D eigenvalue weighted by Crippen LogP contribution is 2.36. The highest BCUT2D eigenvalue weighted by Gasteiger charge is 2.17. The highest BCUT2D eigenvalue weighted by molar-refractivity contribution is 9.10. The van der Waals surface area contributed by atoms with Gasteiger partial charge in [0.1, 0.15) is 11.5 Å². The molecule has 0 atom stereocenters. The van der Waals surface area contributed by atoms with Crippen LogP contribution in [-0.2, 0) is 6.54 Å². The number of nitrogens with zero attached hydrogens (tertiary/aromatic N) is 1. The van der Waals surface area contributed by atoms with E-state index in [0.29, 0.717) is 11.3 Å². The van der Waals surface area contributed by atoms with Gasteiger partial charge < -0.3 is 20.2 Å². The van der Waals surface area contributed by atoms with E-state index in [0.717, 1.165) is 34.0 Å². The van der Waals surface area contributed by atoms with Crippen LogP contribution in [0.25, 0.3) is 11.3 Å². The number of aryl methyl sites for hydroxylation is 1. The number of benzene rings is 1. The van der Waals surface area contributed by atoms with Gasteiger partial charge in [-0.15, -0.1) is 0 Å². The van der Waals surface area contributed by atoms with E-state index in [1.165, 1.54) is 0 Å². The number of nitrogens with two attached hydrogens (primary N) is 1. The number of halogens is 1. The fraction of sp³-hybridized carbons (Fsp3) is 0.308. The molecular formula is C13H16BrN3O2. The molecule has 6 heteroatoms. The number of imidazole rings is 1. The predicted molar refractivity (Wildman–Crippen MR) is 77.5 cm³/mol. The molecule has 2 rings (SSSR count). The first kappa shape index (κ1) is 13.9. The van der Waals surface area contributed by atoms with Crippen molar-refractivity contribution in [3.63, 3.8) is 0 Å². The van der Waals surface area contributed by atoms with Crippen molar-refractivity contribution in [1.82, 2.24) is 9.97 Å². The summed E-state index contributed by atoms with van der Waals surface area (Å²) in [6.07, 6.45) is 0. The van der Waals surface area contributed by atoms with Gasteiger partial charge >= 0.3 is 0 Å². The fourth-order valence-electron chi connectivity index (χ4n) is 1.98. The minimum atomic E-state index is 0.368. The van der Waals surface area contributed by atoms with Gasteiger partial charge in [-0.2, -0.15) is 0 Å². The molecule has 1 aromatic heterocycles. The van der Waals surface area contributed by atoms with Gasteiger partial charge in [0.2, 0.25) is 0 Å². The van der Waals surface area contributed by atoms with Crippen LogP contribution < -0.4 is 15.2 Å². The van der Waals surface area contributed by atoms with E-state index in [-0.39, 0.29) is 0 Å². The second-order valence-corrected chi connectivity index (χ2v) is 4.83. The molecule has 2 aromatic rings. The van der Waals surface area contributed by atoms with Crippen LogP contribution in [0, 0.1) is 6.92 Å². The summed E-state index contributed by atoms with van der Waals surface area (Å²) >= 11 is 3.32. The van der Waals surface area contributed by atoms with Crippen molar-refractivity contribution >= 4 is 15.9 Å². The molecule has 0 saturated carbocycles. The topological polar surface area (TPSA) is 73.2 Å². The van der Waals surface area contributed by atoms with Crippen molar-refractivity contribution < 1.29 is 9.47 Å². The van der Waals surface area contributed by atoms with E-state index in [2.05, 4.69) is 25.9 Å². The maximum atomic E-state index is 5.73. The third-order valence-corrected chi connectivity index (χ3v) is 3.30. The molecular weight excluding hydrogens is 310 g/mol. The summed E-state index contributed by atoms with van der Waals surface area (Å²) in [7, 11) is 3.28. The van der Waals surface area contributed by atoms with Crippen molar-refractivity contribution in [3.8, 4) is 22.8 Å². The van der Waals surface area contributed by atoms with E-state index in [4.69, 9.17) is 15.2 Å². The molecule has 5 nitrogen and oxygen atoms in total. The number of hydrogen-bond donors (Lipinski definition) is 2. The first-order valence-corrected chi connectivity index (χ1v) is 6.57. The Hall–Kier alpha value is -1.53. The predicted octanol–water partition coefficient (Wildman–Crippen LogP) is 2.62. The van der Waals surface area contributed by atoms with Crippen LogP contribution in [0.4, 0.5) is 0 Å². The second-order valence-electron chi connectivity index (χ2n) is 4.08. The van der Waals surface area contributed by atoms with Crippen LogP contribution in [0.5, 0.6) is 11.5 Å². The Kier molecular flexibility index (Phi) is 4.11. The quantitative estimate of drug-likeness (QED) is 0.906. The molecule has 0 bridgehead atoms. The molecule has 1 aromatic carbocycles. The Bertz CT molecular complexity index is 596. The lowest BCUT2D eigenvalue weighted by Crippen LogP contribution is -2.00. The maximum Gasteiger partial charge on any atom is 0.175 e. The van der Waals surface area contributed by atoms with Crippen molar-refractivity contribution in [2.24, 2.45) is 5.73 Å². The standard InChI is InChI=1S/C13H16BrN3O2/c1-7-4-11(19-3)8(5-10(7)18-2)12-9(6-15)16-13(14)17-12/h4-5H,6,15H2,1-3H3,(H,16,17). The largest absolute Gasteiger partial charge is 0.496 e. The van der Waals surface area contributed by atoms with Gasteiger partial charge in [0.25, 0.3) is 0 Å². The summed E-state index contributed by atoms with van der Waals surface area (Å²) < 4.78 is 11.4. The Labute approximate surface area is 120 Å². The van der Waals surface area contributed by atoms with Gasteiger partial charge in [0.15, 0.2) is 4.73 Å². The fourth-order valence-corrected chi connectivity index (χ4v) is 2.40. The third-order valence-electron chi connectivity index (χ3n) is 2.93. The Morgan fingerprint density at radius 3 is 2.53 bits per heavy atom. The van der Waals surface area contributed by atoms with Crippen LogP contribution in [-0.4, -0.2) is 24.2 Å². The molecule has 19 heavy (non-hydrogen) atoms. The molecule has 0 unspecified atom stereocenters. The van der Waals surface area contributed by atoms with Gasteiger partial charge in [0, 0.05) is 12.1 Å². The van der Waals surface area contributed by atoms with Crippen molar-refractivity contribution in [3.05, 3.63) is 28.1 Å². The van der Waals surface area contributed by atoms with E-state index >= 15 is 0 Å². The Morgan fingerprint density at radius 1 is 1.26 bits per heavy atom. The first-order valence-electron chi connectivity index (χ1n) is 5.78. The van der Waals surface area contributed by atoms with Gasteiger partial charge in [-0.3, -0.25) is 0 Å². The number of H-pyrrole nitrogens is 1. The zero-order chi connectivity index (χ0) is 14.0. The number of methoxy groups -OCH3 is 2. The zero-order valence-corrected chi connectivity index (χ0v) is 12.7. The van der Waals surface area contributed by atoms with Crippen molar-refractivity contribution in [2.45, 2.75) is 13.5 Å². The lowest BCUT2D eigenvalue weighted by molar-refractivity contribution is 0.401. The normalized spacial score (nSPS) is 10.6. The average molecular weight is 326 g/mol.